The zero-order valence-electron chi connectivity index (χ0n) is 21.8. The van der Waals surface area contributed by atoms with Crippen LogP contribution in [0.2, 0.25) is 0 Å². The van der Waals surface area contributed by atoms with E-state index in [0.717, 1.165) is 47.6 Å². The zero-order valence-corrected chi connectivity index (χ0v) is 21.8. The first-order chi connectivity index (χ1) is 17.9. The molecule has 1 amide bonds. The number of likely N-dealkylation sites (tertiary alicyclic amines) is 1. The lowest BCUT2D eigenvalue weighted by Crippen LogP contribution is -2.38. The highest BCUT2D eigenvalue weighted by Crippen LogP contribution is 2.28. The fourth-order valence-corrected chi connectivity index (χ4v) is 4.62. The maximum absolute atomic E-state index is 11.9. The van der Waals surface area contributed by atoms with E-state index in [0.29, 0.717) is 37.1 Å². The van der Waals surface area contributed by atoms with E-state index in [1.165, 1.54) is 7.11 Å². The van der Waals surface area contributed by atoms with Gasteiger partial charge < -0.3 is 24.8 Å². The number of rotatable bonds is 9. The van der Waals surface area contributed by atoms with Gasteiger partial charge in [-0.05, 0) is 57.4 Å². The standard InChI is InChI=1S/C26H35N7O4/c1-17-24(32(3)31-30-17)23-14-20(12-18-8-10-33(11-9-18)26(35)36-4)28-25(29-23)19-6-5-7-22(13-19)37-16-21(34)15-27-2/h5-7,13-14,18,21,27,34H,8-12,15-16H2,1-4H3/t21-/m1/s1. The average Bonchev–Trinajstić information content (AvgIpc) is 3.25. The molecule has 2 aromatic heterocycles. The largest absolute Gasteiger partial charge is 0.491 e. The van der Waals surface area contributed by atoms with Crippen molar-refractivity contribution in [2.24, 2.45) is 13.0 Å². The monoisotopic (exact) mass is 509 g/mol. The summed E-state index contributed by atoms with van der Waals surface area (Å²) in [4.78, 5) is 23.4. The van der Waals surface area contributed by atoms with Crippen LogP contribution in [0.1, 0.15) is 24.2 Å². The molecule has 198 valence electrons. The molecule has 11 nitrogen and oxygen atoms in total. The molecule has 1 aliphatic heterocycles. The molecule has 0 saturated carbocycles. The third-order valence-corrected chi connectivity index (χ3v) is 6.54. The molecule has 0 radical (unpaired) electrons. The lowest BCUT2D eigenvalue weighted by molar-refractivity contribution is 0.106. The highest BCUT2D eigenvalue weighted by atomic mass is 16.5. The van der Waals surface area contributed by atoms with E-state index >= 15 is 0 Å². The van der Waals surface area contributed by atoms with Crippen molar-refractivity contribution in [3.8, 4) is 28.5 Å². The number of ether oxygens (including phenoxy) is 2. The van der Waals surface area contributed by atoms with Crippen LogP contribution < -0.4 is 10.1 Å². The van der Waals surface area contributed by atoms with Crippen molar-refractivity contribution in [1.29, 1.82) is 0 Å². The number of hydrogen-bond donors (Lipinski definition) is 2. The summed E-state index contributed by atoms with van der Waals surface area (Å²) in [5.41, 5.74) is 4.13. The summed E-state index contributed by atoms with van der Waals surface area (Å²) in [6, 6.07) is 9.59. The second kappa shape index (κ2) is 12.1. The quantitative estimate of drug-likeness (QED) is 0.446. The Kier molecular flexibility index (Phi) is 8.67. The third-order valence-electron chi connectivity index (χ3n) is 6.54. The second-order valence-electron chi connectivity index (χ2n) is 9.37. The molecule has 11 heteroatoms. The van der Waals surface area contributed by atoms with Crippen molar-refractivity contribution in [1.82, 2.24) is 35.2 Å². The number of methoxy groups -OCH3 is 1. The normalized spacial score (nSPS) is 15.0. The predicted octanol–water partition coefficient (Wildman–Crippen LogP) is 2.23. The minimum atomic E-state index is -0.606. The van der Waals surface area contributed by atoms with E-state index < -0.39 is 6.10 Å². The van der Waals surface area contributed by atoms with Gasteiger partial charge in [-0.15, -0.1) is 5.10 Å². The highest BCUT2D eigenvalue weighted by molar-refractivity contribution is 5.67. The number of carbonyl (C=O) groups is 1. The molecule has 3 heterocycles. The lowest BCUT2D eigenvalue weighted by atomic mass is 9.92. The van der Waals surface area contributed by atoms with Crippen LogP contribution >= 0.6 is 0 Å². The fourth-order valence-electron chi connectivity index (χ4n) is 4.62. The summed E-state index contributed by atoms with van der Waals surface area (Å²) in [6.45, 7) is 3.89. The number of benzene rings is 1. The van der Waals surface area contributed by atoms with Crippen molar-refractivity contribution >= 4 is 6.09 Å². The molecule has 37 heavy (non-hydrogen) atoms. The molecule has 4 rings (SSSR count). The predicted molar refractivity (Wildman–Crippen MR) is 138 cm³/mol. The zero-order chi connectivity index (χ0) is 26.4. The smallest absolute Gasteiger partial charge is 0.409 e. The maximum Gasteiger partial charge on any atom is 0.409 e. The number of aryl methyl sites for hydroxylation is 2. The van der Waals surface area contributed by atoms with Crippen LogP contribution in [0.3, 0.4) is 0 Å². The summed E-state index contributed by atoms with van der Waals surface area (Å²) in [7, 11) is 5.05. The van der Waals surface area contributed by atoms with Crippen LogP contribution in [0, 0.1) is 12.8 Å². The number of aliphatic hydroxyl groups is 1. The fraction of sp³-hybridized carbons (Fsp3) is 0.500. The van der Waals surface area contributed by atoms with E-state index in [9.17, 15) is 9.90 Å². The molecule has 1 aromatic carbocycles. The second-order valence-corrected chi connectivity index (χ2v) is 9.37. The van der Waals surface area contributed by atoms with Crippen LogP contribution in [0.5, 0.6) is 5.75 Å². The van der Waals surface area contributed by atoms with Crippen LogP contribution in [-0.2, 0) is 18.2 Å². The Morgan fingerprint density at radius 2 is 2.03 bits per heavy atom. The molecular formula is C26H35N7O4. The average molecular weight is 510 g/mol. The maximum atomic E-state index is 11.9. The minimum Gasteiger partial charge on any atom is -0.491 e. The van der Waals surface area contributed by atoms with Gasteiger partial charge in [0.1, 0.15) is 24.2 Å². The Morgan fingerprint density at radius 1 is 1.24 bits per heavy atom. The van der Waals surface area contributed by atoms with Gasteiger partial charge in [0.2, 0.25) is 0 Å². The molecule has 1 fully saturated rings. The van der Waals surface area contributed by atoms with Gasteiger partial charge in [0, 0.05) is 37.9 Å². The molecule has 0 spiro atoms. The molecule has 1 saturated heterocycles. The number of aliphatic hydroxyl groups excluding tert-OH is 1. The first-order valence-electron chi connectivity index (χ1n) is 12.5. The number of hydrogen-bond acceptors (Lipinski definition) is 9. The van der Waals surface area contributed by atoms with Crippen LogP contribution in [0.4, 0.5) is 4.79 Å². The molecule has 2 N–H and O–H groups in total. The summed E-state index contributed by atoms with van der Waals surface area (Å²) in [6.07, 6.45) is 1.66. The molecule has 0 unspecified atom stereocenters. The van der Waals surface area contributed by atoms with Crippen LogP contribution in [0.25, 0.3) is 22.8 Å². The first kappa shape index (κ1) is 26.5. The van der Waals surface area contributed by atoms with E-state index in [1.807, 2.05) is 44.3 Å². The molecule has 3 aromatic rings. The number of carbonyl (C=O) groups excluding carboxylic acids is 1. The van der Waals surface area contributed by atoms with E-state index in [4.69, 9.17) is 19.4 Å². The van der Waals surface area contributed by atoms with Crippen LogP contribution in [-0.4, -0.2) is 87.6 Å². The summed E-state index contributed by atoms with van der Waals surface area (Å²) >= 11 is 0. The number of amides is 1. The molecule has 1 aliphatic rings. The van der Waals surface area contributed by atoms with Gasteiger partial charge in [-0.1, -0.05) is 17.3 Å². The molecular weight excluding hydrogens is 474 g/mol. The van der Waals surface area contributed by atoms with Crippen molar-refractivity contribution < 1.29 is 19.4 Å². The van der Waals surface area contributed by atoms with Crippen molar-refractivity contribution in [3.63, 3.8) is 0 Å². The highest BCUT2D eigenvalue weighted by Gasteiger charge is 2.24. The Labute approximate surface area is 216 Å². The Balaban J connectivity index is 1.60. The Morgan fingerprint density at radius 3 is 2.70 bits per heavy atom. The van der Waals surface area contributed by atoms with E-state index in [-0.39, 0.29) is 12.7 Å². The number of likely N-dealkylation sites (N-methyl/N-ethyl adjacent to an activating group) is 1. The Bertz CT molecular complexity index is 1190. The van der Waals surface area contributed by atoms with E-state index in [1.54, 1.807) is 16.6 Å². The Hall–Kier alpha value is -3.57. The SMILES string of the molecule is CNC[C@@H](O)COc1cccc(-c2nc(CC3CCN(C(=O)OC)CC3)cc(-c3c(C)nnn3C)n2)c1. The van der Waals surface area contributed by atoms with Crippen molar-refractivity contribution in [2.45, 2.75) is 32.3 Å². The van der Waals surface area contributed by atoms with Gasteiger partial charge in [-0.25, -0.2) is 19.4 Å². The summed E-state index contributed by atoms with van der Waals surface area (Å²) in [5, 5.41) is 21.3. The van der Waals surface area contributed by atoms with Crippen molar-refractivity contribution in [3.05, 3.63) is 41.7 Å². The van der Waals surface area contributed by atoms with Gasteiger partial charge in [-0.3, -0.25) is 0 Å². The first-order valence-corrected chi connectivity index (χ1v) is 12.5. The molecule has 1 atom stereocenters. The number of nitrogens with zero attached hydrogens (tertiary/aromatic N) is 6. The van der Waals surface area contributed by atoms with Gasteiger partial charge in [0.25, 0.3) is 0 Å². The third kappa shape index (κ3) is 6.60. The van der Waals surface area contributed by atoms with Gasteiger partial charge >= 0.3 is 6.09 Å². The molecule has 0 bridgehead atoms. The summed E-state index contributed by atoms with van der Waals surface area (Å²) in [5.74, 6) is 1.61. The topological polar surface area (TPSA) is 128 Å². The van der Waals surface area contributed by atoms with Gasteiger partial charge in [0.15, 0.2) is 5.82 Å². The minimum absolute atomic E-state index is 0.181. The number of aromatic nitrogens is 5. The molecule has 0 aliphatic carbocycles. The van der Waals surface area contributed by atoms with Gasteiger partial charge in [0.05, 0.1) is 18.5 Å². The van der Waals surface area contributed by atoms with Crippen LogP contribution in [0.15, 0.2) is 30.3 Å². The van der Waals surface area contributed by atoms with Crippen molar-refractivity contribution in [2.75, 3.05) is 40.4 Å². The number of piperidine rings is 1. The van der Waals surface area contributed by atoms with E-state index in [2.05, 4.69) is 15.6 Å². The number of nitrogens with one attached hydrogen (secondary N) is 1. The lowest BCUT2D eigenvalue weighted by Gasteiger charge is -2.30. The summed E-state index contributed by atoms with van der Waals surface area (Å²) < 4.78 is 12.4. The van der Waals surface area contributed by atoms with Gasteiger partial charge in [-0.2, -0.15) is 0 Å².